The van der Waals surface area contributed by atoms with Crippen molar-refractivity contribution in [1.29, 1.82) is 0 Å². The van der Waals surface area contributed by atoms with Crippen LogP contribution in [-0.4, -0.2) is 55.3 Å². The summed E-state index contributed by atoms with van der Waals surface area (Å²) >= 11 is 5.90. The lowest BCUT2D eigenvalue weighted by molar-refractivity contribution is 0.0209. The summed E-state index contributed by atoms with van der Waals surface area (Å²) in [6.45, 7) is 3.79. The normalized spacial score (nSPS) is 14.2. The zero-order chi connectivity index (χ0) is 25.9. The van der Waals surface area contributed by atoms with Crippen molar-refractivity contribution >= 4 is 23.0 Å². The van der Waals surface area contributed by atoms with Crippen LogP contribution in [0.5, 0.6) is 0 Å². The van der Waals surface area contributed by atoms with Crippen molar-refractivity contribution in [2.24, 2.45) is 0 Å². The molecule has 0 unspecified atom stereocenters. The van der Waals surface area contributed by atoms with E-state index in [1.165, 1.54) is 4.68 Å². The van der Waals surface area contributed by atoms with E-state index in [2.05, 4.69) is 17.0 Å². The van der Waals surface area contributed by atoms with Gasteiger partial charge in [0.2, 0.25) is 4.77 Å². The van der Waals surface area contributed by atoms with Crippen LogP contribution in [0.2, 0.25) is 0 Å². The Balaban J connectivity index is 1.44. The summed E-state index contributed by atoms with van der Waals surface area (Å²) in [5.41, 5.74) is 2.74. The van der Waals surface area contributed by atoms with Crippen LogP contribution in [-0.2, 0) is 24.4 Å². The number of fused-ring (bicyclic) bond motifs is 1. The molecule has 1 saturated heterocycles. The molecule has 1 fully saturated rings. The first-order valence-corrected chi connectivity index (χ1v) is 13.1. The van der Waals surface area contributed by atoms with Crippen LogP contribution in [0.3, 0.4) is 0 Å². The summed E-state index contributed by atoms with van der Waals surface area (Å²) in [6, 6.07) is 27.8. The molecule has 0 aliphatic carbocycles. The Morgan fingerprint density at radius 1 is 0.789 bits per heavy atom. The average molecular weight is 525 g/mol. The highest BCUT2D eigenvalue weighted by Crippen LogP contribution is 2.19. The Bertz CT molecular complexity index is 1670. The molecule has 0 amide bonds. The average Bonchev–Trinajstić information content (AvgIpc) is 3.26. The molecule has 5 aromatic rings. The highest BCUT2D eigenvalue weighted by atomic mass is 32.1. The molecule has 0 bridgehead atoms. The smallest absolute Gasteiger partial charge is 0.275 e. The van der Waals surface area contributed by atoms with E-state index in [4.69, 9.17) is 27.2 Å². The Kier molecular flexibility index (Phi) is 6.96. The van der Waals surface area contributed by atoms with Gasteiger partial charge in [-0.25, -0.2) is 9.36 Å². The molecule has 1 aliphatic heterocycles. The van der Waals surface area contributed by atoms with Crippen LogP contribution in [0.1, 0.15) is 17.1 Å². The second-order valence-electron chi connectivity index (χ2n) is 9.36. The number of hydrogen-bond donors (Lipinski definition) is 0. The Labute approximate surface area is 225 Å². The van der Waals surface area contributed by atoms with Crippen LogP contribution in [0.15, 0.2) is 89.7 Å². The first-order valence-electron chi connectivity index (χ1n) is 12.7. The van der Waals surface area contributed by atoms with Gasteiger partial charge >= 0.3 is 0 Å². The van der Waals surface area contributed by atoms with Crippen LogP contribution in [0.4, 0.5) is 0 Å². The lowest BCUT2D eigenvalue weighted by atomic mass is 10.0. The quantitative estimate of drug-likeness (QED) is 0.299. The monoisotopic (exact) mass is 524 g/mol. The van der Waals surface area contributed by atoms with E-state index in [1.54, 1.807) is 0 Å². The van der Waals surface area contributed by atoms with E-state index in [-0.39, 0.29) is 12.1 Å². The molecular weight excluding hydrogens is 496 g/mol. The lowest BCUT2D eigenvalue weighted by Gasteiger charge is -2.26. The van der Waals surface area contributed by atoms with Crippen molar-refractivity contribution in [3.05, 3.63) is 117 Å². The van der Waals surface area contributed by atoms with E-state index >= 15 is 0 Å². The Morgan fingerprint density at radius 2 is 1.45 bits per heavy atom. The Hall–Kier alpha value is -3.92. The predicted octanol–water partition coefficient (Wildman–Crippen LogP) is 4.04. The van der Waals surface area contributed by atoms with Crippen LogP contribution < -0.4 is 5.56 Å². The van der Waals surface area contributed by atoms with Gasteiger partial charge in [-0.05, 0) is 36.0 Å². The van der Waals surface area contributed by atoms with E-state index in [0.717, 1.165) is 35.4 Å². The second-order valence-corrected chi connectivity index (χ2v) is 9.72. The van der Waals surface area contributed by atoms with Crippen LogP contribution >= 0.6 is 12.2 Å². The van der Waals surface area contributed by atoms with Gasteiger partial charge in [0.05, 0.1) is 31.0 Å². The number of nitrogens with zero attached hydrogens (tertiary/aromatic N) is 6. The van der Waals surface area contributed by atoms with Gasteiger partial charge in [-0.1, -0.05) is 66.7 Å². The van der Waals surface area contributed by atoms with Gasteiger partial charge in [0.25, 0.3) is 5.56 Å². The van der Waals surface area contributed by atoms with Crippen molar-refractivity contribution in [3.63, 3.8) is 0 Å². The largest absolute Gasteiger partial charge is 0.379 e. The van der Waals surface area contributed by atoms with Crippen LogP contribution in [0.25, 0.3) is 16.5 Å². The number of hydrogen-bond acceptors (Lipinski definition) is 6. The van der Waals surface area contributed by atoms with E-state index in [0.29, 0.717) is 42.3 Å². The molecule has 6 rings (SSSR count). The fourth-order valence-corrected chi connectivity index (χ4v) is 5.19. The molecule has 0 radical (unpaired) electrons. The van der Waals surface area contributed by atoms with E-state index in [9.17, 15) is 4.79 Å². The third-order valence-electron chi connectivity index (χ3n) is 6.81. The maximum atomic E-state index is 13.6. The molecule has 3 heterocycles. The summed E-state index contributed by atoms with van der Waals surface area (Å²) in [4.78, 5) is 15.9. The molecule has 9 heteroatoms. The number of aromatic nitrogens is 5. The molecule has 3 aromatic carbocycles. The zero-order valence-corrected chi connectivity index (χ0v) is 21.8. The molecule has 2 aromatic heterocycles. The molecule has 0 spiro atoms. The summed E-state index contributed by atoms with van der Waals surface area (Å²) in [6.07, 6.45) is 0.623. The summed E-state index contributed by atoms with van der Waals surface area (Å²) in [7, 11) is 0. The van der Waals surface area contributed by atoms with E-state index in [1.807, 2.05) is 82.0 Å². The summed E-state index contributed by atoms with van der Waals surface area (Å²) in [5, 5.41) is 11.3. The van der Waals surface area contributed by atoms with Crippen molar-refractivity contribution < 1.29 is 4.74 Å². The molecule has 8 nitrogen and oxygen atoms in total. The molecule has 1 aliphatic rings. The minimum Gasteiger partial charge on any atom is -0.379 e. The second kappa shape index (κ2) is 10.8. The zero-order valence-electron chi connectivity index (χ0n) is 20.9. The van der Waals surface area contributed by atoms with Gasteiger partial charge in [-0.15, -0.1) is 0 Å². The van der Waals surface area contributed by atoms with Crippen LogP contribution in [0, 0.1) is 4.77 Å². The minimum atomic E-state index is -0.148. The lowest BCUT2D eigenvalue weighted by Crippen LogP contribution is -2.37. The highest BCUT2D eigenvalue weighted by molar-refractivity contribution is 7.71. The first-order chi connectivity index (χ1) is 18.7. The molecule has 0 saturated carbocycles. The van der Waals surface area contributed by atoms with Gasteiger partial charge in [0, 0.05) is 30.6 Å². The fraction of sp³-hybridized carbons (Fsp3) is 0.241. The number of benzene rings is 3. The molecule has 0 N–H and O–H groups in total. The minimum absolute atomic E-state index is 0.148. The highest BCUT2D eigenvalue weighted by Gasteiger charge is 2.19. The number of ether oxygens (including phenoxy) is 1. The van der Waals surface area contributed by atoms with Gasteiger partial charge < -0.3 is 4.74 Å². The maximum absolute atomic E-state index is 13.6. The first kappa shape index (κ1) is 24.4. The fourth-order valence-electron chi connectivity index (χ4n) is 4.88. The molecule has 192 valence electrons. The van der Waals surface area contributed by atoms with Crippen molar-refractivity contribution in [2.45, 2.75) is 19.6 Å². The topological polar surface area (TPSA) is 70.1 Å². The van der Waals surface area contributed by atoms with E-state index < -0.39 is 0 Å². The number of rotatable bonds is 7. The van der Waals surface area contributed by atoms with Gasteiger partial charge in [-0.2, -0.15) is 10.2 Å². The maximum Gasteiger partial charge on any atom is 0.275 e. The third kappa shape index (κ3) is 4.96. The number of para-hydroxylation sites is 1. The Morgan fingerprint density at radius 3 is 2.18 bits per heavy atom. The van der Waals surface area contributed by atoms with Gasteiger partial charge in [0.1, 0.15) is 6.54 Å². The van der Waals surface area contributed by atoms with Gasteiger partial charge in [-0.3, -0.25) is 14.3 Å². The summed E-state index contributed by atoms with van der Waals surface area (Å²) in [5.74, 6) is 0.657. The number of morpholine rings is 1. The molecule has 0 atom stereocenters. The molecular formula is C29H28N6O2S. The third-order valence-corrected chi connectivity index (χ3v) is 7.20. The standard InChI is InChI=1S/C29H28N6O2S/c36-28-25-14-8-7-13-24(25)26(19-22-9-3-1-4-10-22)30-33(28)20-27-31-34(21-32-15-17-37-18-16-32)29(38)35(27)23-11-5-2-6-12-23/h1-14H,15-21H2. The van der Waals surface area contributed by atoms with Crippen molar-refractivity contribution in [3.8, 4) is 5.69 Å². The predicted molar refractivity (Wildman–Crippen MR) is 149 cm³/mol. The summed E-state index contributed by atoms with van der Waals surface area (Å²) < 4.78 is 11.4. The van der Waals surface area contributed by atoms with Crippen molar-refractivity contribution in [1.82, 2.24) is 29.0 Å². The molecule has 38 heavy (non-hydrogen) atoms. The van der Waals surface area contributed by atoms with Crippen molar-refractivity contribution in [2.75, 3.05) is 26.3 Å². The van der Waals surface area contributed by atoms with Gasteiger partial charge in [0.15, 0.2) is 5.82 Å². The SMILES string of the molecule is O=c1c2ccccc2c(Cc2ccccc2)nn1Cc1nn(CN2CCOCC2)c(=S)n1-c1ccccc1.